The van der Waals surface area contributed by atoms with Crippen LogP contribution in [0, 0.1) is 13.8 Å². The Kier molecular flexibility index (Phi) is 6.47. The molecule has 5 nitrogen and oxygen atoms in total. The number of para-hydroxylation sites is 1. The summed E-state index contributed by atoms with van der Waals surface area (Å²) < 4.78 is 11.1. The van der Waals surface area contributed by atoms with Gasteiger partial charge in [-0.05, 0) is 60.2 Å². The fourth-order valence-corrected chi connectivity index (χ4v) is 4.57. The molecule has 0 radical (unpaired) electrons. The topological polar surface area (TPSA) is 50.8 Å². The van der Waals surface area contributed by atoms with Crippen molar-refractivity contribution in [3.8, 4) is 11.5 Å². The van der Waals surface area contributed by atoms with Gasteiger partial charge in [-0.25, -0.2) is 0 Å². The number of hydrogen-bond donors (Lipinski definition) is 1. The molecule has 0 saturated carbocycles. The molecule has 1 aliphatic rings. The van der Waals surface area contributed by atoms with E-state index in [0.717, 1.165) is 46.7 Å². The first-order valence-electron chi connectivity index (χ1n) is 10.9. The van der Waals surface area contributed by atoms with E-state index in [1.54, 1.807) is 14.2 Å². The van der Waals surface area contributed by atoms with Crippen molar-refractivity contribution >= 4 is 11.6 Å². The Morgan fingerprint density at radius 2 is 1.62 bits per heavy atom. The predicted octanol–water partition coefficient (Wildman–Crippen LogP) is 4.91. The quantitative estimate of drug-likeness (QED) is 0.604. The van der Waals surface area contributed by atoms with Crippen molar-refractivity contribution in [2.24, 2.45) is 0 Å². The van der Waals surface area contributed by atoms with Gasteiger partial charge in [0.2, 0.25) is 5.91 Å². The van der Waals surface area contributed by atoms with Gasteiger partial charge in [0.05, 0.1) is 26.8 Å². The van der Waals surface area contributed by atoms with Crippen LogP contribution in [0.15, 0.2) is 60.7 Å². The molecule has 166 valence electrons. The minimum absolute atomic E-state index is 0.00717. The summed E-state index contributed by atoms with van der Waals surface area (Å²) in [7, 11) is 3.31. The first kappa shape index (κ1) is 21.9. The summed E-state index contributed by atoms with van der Waals surface area (Å²) in [6, 6.07) is 20.5. The van der Waals surface area contributed by atoms with E-state index in [1.165, 1.54) is 5.56 Å². The Hall–Kier alpha value is -3.31. The van der Waals surface area contributed by atoms with Gasteiger partial charge in [-0.15, -0.1) is 0 Å². The summed E-state index contributed by atoms with van der Waals surface area (Å²) in [5.41, 5.74) is 6.57. The van der Waals surface area contributed by atoms with Crippen LogP contribution in [-0.4, -0.2) is 38.1 Å². The molecular formula is C27H30N2O3. The lowest BCUT2D eigenvalue weighted by molar-refractivity contribution is -0.117. The molecule has 0 bridgehead atoms. The molecule has 5 heteroatoms. The third kappa shape index (κ3) is 4.34. The summed E-state index contributed by atoms with van der Waals surface area (Å²) in [5, 5.41) is 3.14. The minimum Gasteiger partial charge on any atom is -0.493 e. The third-order valence-electron chi connectivity index (χ3n) is 6.18. The van der Waals surface area contributed by atoms with E-state index < -0.39 is 0 Å². The molecule has 0 spiro atoms. The second-order valence-electron chi connectivity index (χ2n) is 8.25. The van der Waals surface area contributed by atoms with Gasteiger partial charge < -0.3 is 14.8 Å². The van der Waals surface area contributed by atoms with E-state index in [0.29, 0.717) is 12.3 Å². The molecule has 3 aromatic carbocycles. The zero-order chi connectivity index (χ0) is 22.7. The molecule has 32 heavy (non-hydrogen) atoms. The van der Waals surface area contributed by atoms with Gasteiger partial charge in [0.15, 0.2) is 11.5 Å². The van der Waals surface area contributed by atoms with Gasteiger partial charge in [0.1, 0.15) is 0 Å². The van der Waals surface area contributed by atoms with E-state index in [2.05, 4.69) is 34.5 Å². The molecule has 1 aliphatic heterocycles. The van der Waals surface area contributed by atoms with E-state index in [1.807, 2.05) is 50.2 Å². The number of methoxy groups -OCH3 is 2. The molecular weight excluding hydrogens is 400 g/mol. The van der Waals surface area contributed by atoms with Crippen molar-refractivity contribution in [3.63, 3.8) is 0 Å². The van der Waals surface area contributed by atoms with Gasteiger partial charge in [-0.1, -0.05) is 48.5 Å². The van der Waals surface area contributed by atoms with Crippen LogP contribution in [0.3, 0.4) is 0 Å². The number of carbonyl (C=O) groups is 1. The van der Waals surface area contributed by atoms with Crippen molar-refractivity contribution < 1.29 is 14.3 Å². The smallest absolute Gasteiger partial charge is 0.238 e. The highest BCUT2D eigenvalue weighted by Crippen LogP contribution is 2.40. The number of anilines is 1. The second-order valence-corrected chi connectivity index (χ2v) is 8.25. The molecule has 1 heterocycles. The number of nitrogens with zero attached hydrogens (tertiary/aromatic N) is 1. The lowest BCUT2D eigenvalue weighted by atomic mass is 9.87. The Morgan fingerprint density at radius 1 is 0.969 bits per heavy atom. The van der Waals surface area contributed by atoms with Gasteiger partial charge in [0.25, 0.3) is 0 Å². The highest BCUT2D eigenvalue weighted by Gasteiger charge is 2.31. The van der Waals surface area contributed by atoms with Crippen molar-refractivity contribution in [3.05, 3.63) is 88.5 Å². The zero-order valence-corrected chi connectivity index (χ0v) is 19.1. The number of carbonyl (C=O) groups excluding carboxylic acids is 1. The molecule has 0 unspecified atom stereocenters. The van der Waals surface area contributed by atoms with E-state index in [9.17, 15) is 4.79 Å². The number of rotatable bonds is 6. The normalized spacial score (nSPS) is 15.7. The Labute approximate surface area is 190 Å². The van der Waals surface area contributed by atoms with Crippen LogP contribution in [-0.2, 0) is 11.2 Å². The molecule has 1 atom stereocenters. The van der Waals surface area contributed by atoms with E-state index in [-0.39, 0.29) is 11.9 Å². The monoisotopic (exact) mass is 430 g/mol. The van der Waals surface area contributed by atoms with Crippen LogP contribution in [0.25, 0.3) is 0 Å². The minimum atomic E-state index is -0.0385. The Morgan fingerprint density at radius 3 is 2.28 bits per heavy atom. The first-order chi connectivity index (χ1) is 15.5. The van der Waals surface area contributed by atoms with Crippen LogP contribution in [0.5, 0.6) is 11.5 Å². The summed E-state index contributed by atoms with van der Waals surface area (Å²) in [5.74, 6) is 1.43. The van der Waals surface area contributed by atoms with Gasteiger partial charge in [-0.3, -0.25) is 9.69 Å². The maximum absolute atomic E-state index is 13.1. The van der Waals surface area contributed by atoms with E-state index >= 15 is 0 Å². The van der Waals surface area contributed by atoms with Crippen LogP contribution < -0.4 is 14.8 Å². The second kappa shape index (κ2) is 9.45. The molecule has 0 aromatic heterocycles. The van der Waals surface area contributed by atoms with Crippen molar-refractivity contribution in [2.45, 2.75) is 26.3 Å². The highest BCUT2D eigenvalue weighted by molar-refractivity contribution is 5.93. The highest BCUT2D eigenvalue weighted by atomic mass is 16.5. The van der Waals surface area contributed by atoms with Crippen LogP contribution in [0.1, 0.15) is 33.9 Å². The number of nitrogens with one attached hydrogen (secondary N) is 1. The lowest BCUT2D eigenvalue weighted by Gasteiger charge is -2.37. The Balaban J connectivity index is 1.67. The summed E-state index contributed by atoms with van der Waals surface area (Å²) in [4.78, 5) is 15.3. The largest absolute Gasteiger partial charge is 0.493 e. The average molecular weight is 431 g/mol. The third-order valence-corrected chi connectivity index (χ3v) is 6.18. The Bertz CT molecular complexity index is 1090. The molecule has 3 aromatic rings. The summed E-state index contributed by atoms with van der Waals surface area (Å²) >= 11 is 0. The molecule has 1 N–H and O–H groups in total. The standard InChI is InChI=1S/C27H30N2O3/c1-18-9-8-10-19(2)26(18)28-25(30)17-29-14-13-21-15-23(31-3)24(32-4)16-22(21)27(29)20-11-6-5-7-12-20/h5-12,15-16,27H,13-14,17H2,1-4H3,(H,28,30)/t27-/m1/s1. The number of fused-ring (bicyclic) bond motifs is 1. The van der Waals surface area contributed by atoms with Crippen LogP contribution >= 0.6 is 0 Å². The fraction of sp³-hybridized carbons (Fsp3) is 0.296. The molecule has 1 amide bonds. The first-order valence-corrected chi connectivity index (χ1v) is 10.9. The van der Waals surface area contributed by atoms with Gasteiger partial charge in [0, 0.05) is 12.2 Å². The number of aryl methyl sites for hydroxylation is 2. The van der Waals surface area contributed by atoms with E-state index in [4.69, 9.17) is 9.47 Å². The zero-order valence-electron chi connectivity index (χ0n) is 19.1. The van der Waals surface area contributed by atoms with Crippen LogP contribution in [0.4, 0.5) is 5.69 Å². The van der Waals surface area contributed by atoms with Gasteiger partial charge in [-0.2, -0.15) is 0 Å². The number of hydrogen-bond acceptors (Lipinski definition) is 4. The van der Waals surface area contributed by atoms with Crippen LogP contribution in [0.2, 0.25) is 0 Å². The lowest BCUT2D eigenvalue weighted by Crippen LogP contribution is -2.41. The molecule has 0 saturated heterocycles. The maximum Gasteiger partial charge on any atom is 0.238 e. The summed E-state index contributed by atoms with van der Waals surface area (Å²) in [6.07, 6.45) is 0.843. The number of benzene rings is 3. The number of amides is 1. The maximum atomic E-state index is 13.1. The van der Waals surface area contributed by atoms with Crippen molar-refractivity contribution in [1.29, 1.82) is 0 Å². The SMILES string of the molecule is COc1cc2c(cc1OC)[C@@H](c1ccccc1)N(CC(=O)Nc1c(C)cccc1C)CC2. The van der Waals surface area contributed by atoms with Crippen molar-refractivity contribution in [2.75, 3.05) is 32.6 Å². The van der Waals surface area contributed by atoms with Gasteiger partial charge >= 0.3 is 0 Å². The fourth-order valence-electron chi connectivity index (χ4n) is 4.57. The molecule has 0 aliphatic carbocycles. The number of ether oxygens (including phenoxy) is 2. The molecule has 0 fully saturated rings. The van der Waals surface area contributed by atoms with Crippen molar-refractivity contribution in [1.82, 2.24) is 4.90 Å². The summed E-state index contributed by atoms with van der Waals surface area (Å²) in [6.45, 7) is 5.13. The predicted molar refractivity (Wildman–Crippen MR) is 128 cm³/mol. The molecule has 4 rings (SSSR count). The average Bonchev–Trinajstić information content (AvgIpc) is 2.81.